The van der Waals surface area contributed by atoms with E-state index in [2.05, 4.69) is 5.32 Å². The highest BCUT2D eigenvalue weighted by Gasteiger charge is 2.49. The minimum Gasteiger partial charge on any atom is -0.480 e. The Balaban J connectivity index is 3.00. The fourth-order valence-corrected chi connectivity index (χ4v) is 2.99. The van der Waals surface area contributed by atoms with Crippen LogP contribution < -0.4 is 5.32 Å². The van der Waals surface area contributed by atoms with Crippen molar-refractivity contribution in [1.29, 1.82) is 0 Å². The number of hydrogen-bond acceptors (Lipinski definition) is 4. The molecule has 2 N–H and O–H groups in total. The van der Waals surface area contributed by atoms with Crippen molar-refractivity contribution in [2.75, 3.05) is 19.6 Å². The molecule has 1 atom stereocenters. The molecule has 0 aromatic carbocycles. The average Bonchev–Trinajstić information content (AvgIpc) is 2.56. The highest BCUT2D eigenvalue weighted by molar-refractivity contribution is 5.93. The van der Waals surface area contributed by atoms with Crippen LogP contribution in [0.3, 0.4) is 0 Å². The van der Waals surface area contributed by atoms with Gasteiger partial charge < -0.3 is 5.11 Å². The van der Waals surface area contributed by atoms with Crippen molar-refractivity contribution >= 4 is 11.8 Å². The zero-order valence-electron chi connectivity index (χ0n) is 13.5. The van der Waals surface area contributed by atoms with Gasteiger partial charge >= 0.3 is 5.97 Å². The van der Waals surface area contributed by atoms with Crippen LogP contribution in [0.15, 0.2) is 0 Å². The molecule has 5 nitrogen and oxygen atoms in total. The van der Waals surface area contributed by atoms with Gasteiger partial charge in [-0.15, -0.1) is 0 Å². The third-order valence-electron chi connectivity index (χ3n) is 3.44. The Kier molecular flexibility index (Phi) is 4.66. The molecule has 1 heterocycles. The molecule has 0 radical (unpaired) electrons. The Morgan fingerprint density at radius 2 is 1.75 bits per heavy atom. The second-order valence-electron chi connectivity index (χ2n) is 7.89. The van der Waals surface area contributed by atoms with Gasteiger partial charge in [-0.3, -0.25) is 19.8 Å². The van der Waals surface area contributed by atoms with Crippen LogP contribution in [-0.2, 0) is 9.59 Å². The normalized spacial score (nSPS) is 24.9. The molecule has 0 spiro atoms. The first-order chi connectivity index (χ1) is 8.86. The van der Waals surface area contributed by atoms with E-state index in [1.807, 2.05) is 46.4 Å². The first-order valence-corrected chi connectivity index (χ1v) is 7.14. The smallest absolute Gasteiger partial charge is 0.317 e. The summed E-state index contributed by atoms with van der Waals surface area (Å²) in [5.41, 5.74) is -1.29. The van der Waals surface area contributed by atoms with Crippen molar-refractivity contribution in [3.8, 4) is 0 Å². The predicted molar refractivity (Wildman–Crippen MR) is 78.8 cm³/mol. The van der Waals surface area contributed by atoms with Gasteiger partial charge in [-0.05, 0) is 27.2 Å². The van der Waals surface area contributed by atoms with E-state index in [9.17, 15) is 9.59 Å². The SMILES string of the molecule is CC(C)(C)N[C@@]1(C(=O)C(C)(C)C)CCN(CC(=O)O)C1. The van der Waals surface area contributed by atoms with Gasteiger partial charge in [0.15, 0.2) is 5.78 Å². The molecule has 1 fully saturated rings. The molecule has 0 amide bonds. The Morgan fingerprint density at radius 3 is 2.15 bits per heavy atom. The van der Waals surface area contributed by atoms with Gasteiger partial charge in [0.25, 0.3) is 0 Å². The molecule has 0 unspecified atom stereocenters. The summed E-state index contributed by atoms with van der Waals surface area (Å²) in [6.45, 7) is 12.9. The minimum atomic E-state index is -0.847. The molecular formula is C15H28N2O3. The van der Waals surface area contributed by atoms with Crippen LogP contribution in [0.5, 0.6) is 0 Å². The van der Waals surface area contributed by atoms with Crippen LogP contribution in [0.2, 0.25) is 0 Å². The Hall–Kier alpha value is -0.940. The number of likely N-dealkylation sites (tertiary alicyclic amines) is 1. The van der Waals surface area contributed by atoms with E-state index < -0.39 is 16.9 Å². The number of nitrogens with one attached hydrogen (secondary N) is 1. The number of nitrogens with zero attached hydrogens (tertiary/aromatic N) is 1. The number of carboxylic acids is 1. The number of carbonyl (C=O) groups excluding carboxylic acids is 1. The largest absolute Gasteiger partial charge is 0.480 e. The zero-order valence-corrected chi connectivity index (χ0v) is 13.5. The lowest BCUT2D eigenvalue weighted by Gasteiger charge is -2.40. The molecule has 0 aromatic rings. The summed E-state index contributed by atoms with van der Waals surface area (Å²) in [6, 6.07) is 0. The van der Waals surface area contributed by atoms with Crippen LogP contribution >= 0.6 is 0 Å². The Bertz CT molecular complexity index is 393. The molecular weight excluding hydrogens is 256 g/mol. The van der Waals surface area contributed by atoms with E-state index in [1.165, 1.54) is 0 Å². The van der Waals surface area contributed by atoms with E-state index in [0.29, 0.717) is 19.5 Å². The lowest BCUT2D eigenvalue weighted by atomic mass is 9.76. The maximum Gasteiger partial charge on any atom is 0.317 e. The summed E-state index contributed by atoms with van der Waals surface area (Å²) in [4.78, 5) is 25.6. The predicted octanol–water partition coefficient (Wildman–Crippen LogP) is 1.52. The number of aliphatic carboxylic acids is 1. The van der Waals surface area contributed by atoms with E-state index in [0.717, 1.165) is 0 Å². The highest BCUT2D eigenvalue weighted by atomic mass is 16.4. The number of Topliss-reactive ketones (excluding diaryl/α,β-unsaturated/α-hetero) is 1. The molecule has 116 valence electrons. The number of rotatable bonds is 4. The van der Waals surface area contributed by atoms with E-state index in [1.54, 1.807) is 0 Å². The van der Waals surface area contributed by atoms with Crippen molar-refractivity contribution in [3.05, 3.63) is 0 Å². The van der Waals surface area contributed by atoms with Crippen LogP contribution in [0.25, 0.3) is 0 Å². The summed E-state index contributed by atoms with van der Waals surface area (Å²) in [5.74, 6) is -0.687. The van der Waals surface area contributed by atoms with Crippen molar-refractivity contribution in [2.24, 2.45) is 5.41 Å². The molecule has 0 aromatic heterocycles. The maximum atomic E-state index is 12.9. The van der Waals surface area contributed by atoms with Gasteiger partial charge in [-0.2, -0.15) is 0 Å². The van der Waals surface area contributed by atoms with Gasteiger partial charge in [-0.25, -0.2) is 0 Å². The van der Waals surface area contributed by atoms with Crippen molar-refractivity contribution in [3.63, 3.8) is 0 Å². The van der Waals surface area contributed by atoms with Gasteiger partial charge in [-0.1, -0.05) is 20.8 Å². The van der Waals surface area contributed by atoms with E-state index in [4.69, 9.17) is 5.11 Å². The number of ketones is 1. The number of carboxylic acid groups (broad SMARTS) is 1. The van der Waals surface area contributed by atoms with E-state index >= 15 is 0 Å². The molecule has 0 saturated carbocycles. The molecule has 0 bridgehead atoms. The second-order valence-corrected chi connectivity index (χ2v) is 7.89. The Morgan fingerprint density at radius 1 is 1.20 bits per heavy atom. The molecule has 1 saturated heterocycles. The first kappa shape index (κ1) is 17.1. The summed E-state index contributed by atoms with van der Waals surface area (Å²) in [5, 5.41) is 12.4. The molecule has 0 aliphatic carbocycles. The lowest BCUT2D eigenvalue weighted by molar-refractivity contribution is -0.139. The van der Waals surface area contributed by atoms with Crippen LogP contribution in [0, 0.1) is 5.41 Å². The number of carbonyl (C=O) groups is 2. The minimum absolute atomic E-state index is 0.00893. The molecule has 1 aliphatic heterocycles. The van der Waals surface area contributed by atoms with Gasteiger partial charge in [0.1, 0.15) is 0 Å². The molecule has 20 heavy (non-hydrogen) atoms. The van der Waals surface area contributed by atoms with Gasteiger partial charge in [0.2, 0.25) is 0 Å². The summed E-state index contributed by atoms with van der Waals surface area (Å²) < 4.78 is 0. The van der Waals surface area contributed by atoms with Crippen LogP contribution in [0.1, 0.15) is 48.0 Å². The molecule has 1 rings (SSSR count). The quantitative estimate of drug-likeness (QED) is 0.819. The molecule has 1 aliphatic rings. The van der Waals surface area contributed by atoms with Crippen LogP contribution in [-0.4, -0.2) is 52.5 Å². The fraction of sp³-hybridized carbons (Fsp3) is 0.867. The van der Waals surface area contributed by atoms with Crippen molar-refractivity contribution < 1.29 is 14.7 Å². The summed E-state index contributed by atoms with van der Waals surface area (Å²) in [7, 11) is 0. The third-order valence-corrected chi connectivity index (χ3v) is 3.44. The fourth-order valence-electron chi connectivity index (χ4n) is 2.99. The maximum absolute atomic E-state index is 12.9. The van der Waals surface area contributed by atoms with Crippen molar-refractivity contribution in [1.82, 2.24) is 10.2 Å². The van der Waals surface area contributed by atoms with Crippen LogP contribution in [0.4, 0.5) is 0 Å². The molecule has 5 heteroatoms. The standard InChI is InChI=1S/C15H28N2O3/c1-13(2,3)12(20)15(16-14(4,5)6)7-8-17(10-15)9-11(18)19/h16H,7-10H2,1-6H3,(H,18,19)/t15-/m0/s1. The van der Waals surface area contributed by atoms with Gasteiger partial charge in [0.05, 0.1) is 12.1 Å². The summed E-state index contributed by atoms with van der Waals surface area (Å²) in [6.07, 6.45) is 0.660. The third kappa shape index (κ3) is 4.28. The summed E-state index contributed by atoms with van der Waals surface area (Å²) >= 11 is 0. The monoisotopic (exact) mass is 284 g/mol. The average molecular weight is 284 g/mol. The second kappa shape index (κ2) is 5.45. The van der Waals surface area contributed by atoms with Crippen molar-refractivity contribution in [2.45, 2.75) is 59.0 Å². The van der Waals surface area contributed by atoms with Gasteiger partial charge in [0, 0.05) is 24.0 Å². The lowest BCUT2D eigenvalue weighted by Crippen LogP contribution is -2.63. The zero-order chi connectivity index (χ0) is 15.8. The first-order valence-electron chi connectivity index (χ1n) is 7.14. The highest BCUT2D eigenvalue weighted by Crippen LogP contribution is 2.32. The number of hydrogen-bond donors (Lipinski definition) is 2. The topological polar surface area (TPSA) is 69.6 Å². The van der Waals surface area contributed by atoms with E-state index in [-0.39, 0.29) is 17.9 Å². The Labute approximate surface area is 121 Å².